The minimum atomic E-state index is -0.107. The summed E-state index contributed by atoms with van der Waals surface area (Å²) >= 11 is 1.34. The van der Waals surface area contributed by atoms with Gasteiger partial charge in [-0.3, -0.25) is 14.7 Å². The Morgan fingerprint density at radius 1 is 1.22 bits per heavy atom. The van der Waals surface area contributed by atoms with E-state index in [9.17, 15) is 9.59 Å². The Hall–Kier alpha value is -2.35. The lowest BCUT2D eigenvalue weighted by molar-refractivity contribution is -0.119. The van der Waals surface area contributed by atoms with Crippen molar-refractivity contribution >= 4 is 29.3 Å². The van der Waals surface area contributed by atoms with Crippen LogP contribution in [0.25, 0.3) is 11.4 Å². The van der Waals surface area contributed by atoms with Gasteiger partial charge in [-0.25, -0.2) is 4.98 Å². The molecule has 1 aromatic carbocycles. The molecule has 1 aromatic heterocycles. The molecule has 2 saturated carbocycles. The van der Waals surface area contributed by atoms with Crippen LogP contribution < -0.4 is 10.6 Å². The van der Waals surface area contributed by atoms with Gasteiger partial charge in [0.2, 0.25) is 17.0 Å². The number of anilines is 1. The number of nitrogens with one attached hydrogen (secondary N) is 3. The number of aromatic nitrogens is 3. The largest absolute Gasteiger partial charge is 0.352 e. The van der Waals surface area contributed by atoms with Crippen molar-refractivity contribution in [2.24, 2.45) is 11.8 Å². The lowest BCUT2D eigenvalue weighted by atomic mass is 9.95. The van der Waals surface area contributed by atoms with Gasteiger partial charge in [0.15, 0.2) is 5.82 Å². The highest BCUT2D eigenvalue weighted by atomic mass is 32.2. The van der Waals surface area contributed by atoms with Crippen molar-refractivity contribution in [1.29, 1.82) is 0 Å². The Bertz CT molecular complexity index is 835. The van der Waals surface area contributed by atoms with Gasteiger partial charge in [0, 0.05) is 24.2 Å². The molecule has 7 nitrogen and oxygen atoms in total. The number of hydrogen-bond donors (Lipinski definition) is 3. The molecule has 3 N–H and O–H groups in total. The quantitative estimate of drug-likeness (QED) is 0.664. The van der Waals surface area contributed by atoms with Gasteiger partial charge in [0.1, 0.15) is 0 Å². The van der Waals surface area contributed by atoms with E-state index < -0.39 is 0 Å². The fourth-order valence-corrected chi connectivity index (χ4v) is 4.76. The van der Waals surface area contributed by atoms with Crippen molar-refractivity contribution in [3.05, 3.63) is 24.3 Å². The molecule has 3 atom stereocenters. The maximum absolute atomic E-state index is 12.2. The highest BCUT2D eigenvalue weighted by Gasteiger charge is 2.39. The van der Waals surface area contributed by atoms with Gasteiger partial charge < -0.3 is 10.6 Å². The summed E-state index contributed by atoms with van der Waals surface area (Å²) in [4.78, 5) is 27.7. The van der Waals surface area contributed by atoms with Crippen LogP contribution in [0.2, 0.25) is 0 Å². The zero-order valence-corrected chi connectivity index (χ0v) is 16.0. The van der Waals surface area contributed by atoms with E-state index in [1.165, 1.54) is 37.9 Å². The van der Waals surface area contributed by atoms with E-state index in [1.807, 2.05) is 24.3 Å². The Balaban J connectivity index is 1.29. The third-order valence-corrected chi connectivity index (χ3v) is 6.21. The normalized spacial score (nSPS) is 23.4. The van der Waals surface area contributed by atoms with Crippen LogP contribution in [0.5, 0.6) is 0 Å². The van der Waals surface area contributed by atoms with Crippen LogP contribution >= 0.6 is 11.8 Å². The molecule has 4 rings (SSSR count). The van der Waals surface area contributed by atoms with Crippen molar-refractivity contribution in [3.8, 4) is 11.4 Å². The molecule has 0 radical (unpaired) electrons. The standard InChI is InChI=1S/C19H23N5O2S/c1-11(25)20-15-6-4-13(5-7-15)18-22-19(24-23-18)27-10-17(26)21-16-9-12-2-3-14(16)8-12/h4-7,12,14,16H,2-3,8-10H2,1H3,(H,20,25)(H,21,26)(H,22,23,24)/t12-,14+,16+/m0/s1. The number of carbonyl (C=O) groups is 2. The van der Waals surface area contributed by atoms with E-state index in [0.29, 0.717) is 28.7 Å². The molecular weight excluding hydrogens is 362 g/mol. The van der Waals surface area contributed by atoms with Gasteiger partial charge in [0.25, 0.3) is 0 Å². The van der Waals surface area contributed by atoms with Gasteiger partial charge >= 0.3 is 0 Å². The van der Waals surface area contributed by atoms with Crippen LogP contribution in [0.4, 0.5) is 5.69 Å². The number of carbonyl (C=O) groups excluding carboxylic acids is 2. The molecule has 2 amide bonds. The Kier molecular flexibility index (Phi) is 5.15. The van der Waals surface area contributed by atoms with Gasteiger partial charge in [-0.15, -0.1) is 5.10 Å². The zero-order chi connectivity index (χ0) is 18.8. The summed E-state index contributed by atoms with van der Waals surface area (Å²) in [7, 11) is 0. The number of rotatable bonds is 6. The van der Waals surface area contributed by atoms with Crippen molar-refractivity contribution < 1.29 is 9.59 Å². The molecule has 2 aliphatic rings. The maximum Gasteiger partial charge on any atom is 0.230 e. The van der Waals surface area contributed by atoms with Crippen LogP contribution in [0.1, 0.15) is 32.6 Å². The Morgan fingerprint density at radius 2 is 2.04 bits per heavy atom. The first kappa shape index (κ1) is 18.0. The number of benzene rings is 1. The number of nitrogens with zero attached hydrogens (tertiary/aromatic N) is 2. The molecule has 2 aromatic rings. The predicted molar refractivity (Wildman–Crippen MR) is 104 cm³/mol. The molecule has 0 saturated heterocycles. The van der Waals surface area contributed by atoms with Gasteiger partial charge in [-0.1, -0.05) is 18.2 Å². The van der Waals surface area contributed by atoms with Crippen molar-refractivity contribution in [1.82, 2.24) is 20.5 Å². The first-order valence-corrected chi connectivity index (χ1v) is 10.3. The minimum Gasteiger partial charge on any atom is -0.352 e. The molecule has 27 heavy (non-hydrogen) atoms. The topological polar surface area (TPSA) is 99.8 Å². The molecule has 2 bridgehead atoms. The number of hydrogen-bond acceptors (Lipinski definition) is 5. The van der Waals surface area contributed by atoms with E-state index in [2.05, 4.69) is 25.8 Å². The molecule has 2 aliphatic carbocycles. The fourth-order valence-electron chi connectivity index (χ4n) is 4.15. The Labute approximate surface area is 162 Å². The second kappa shape index (κ2) is 7.72. The average molecular weight is 385 g/mol. The molecule has 0 spiro atoms. The second-order valence-corrected chi connectivity index (χ2v) is 8.31. The van der Waals surface area contributed by atoms with Crippen molar-refractivity contribution in [2.45, 2.75) is 43.8 Å². The van der Waals surface area contributed by atoms with Crippen LogP contribution in [-0.2, 0) is 9.59 Å². The highest BCUT2D eigenvalue weighted by molar-refractivity contribution is 7.99. The van der Waals surface area contributed by atoms with Crippen molar-refractivity contribution in [2.75, 3.05) is 11.1 Å². The van der Waals surface area contributed by atoms with E-state index in [0.717, 1.165) is 23.6 Å². The zero-order valence-electron chi connectivity index (χ0n) is 15.2. The summed E-state index contributed by atoms with van der Waals surface area (Å²) in [5, 5.41) is 13.5. The van der Waals surface area contributed by atoms with Crippen LogP contribution in [0, 0.1) is 11.8 Å². The first-order chi connectivity index (χ1) is 13.1. The SMILES string of the molecule is CC(=O)Nc1ccc(-c2nc(SCC(=O)N[C@@H]3C[C@H]4CC[C@@H]3C4)n[nH]2)cc1. The van der Waals surface area contributed by atoms with Gasteiger partial charge in [-0.2, -0.15) is 0 Å². The number of thioether (sulfide) groups is 1. The predicted octanol–water partition coefficient (Wildman–Crippen LogP) is 2.83. The summed E-state index contributed by atoms with van der Waals surface area (Å²) in [5.41, 5.74) is 1.60. The number of amides is 2. The average Bonchev–Trinajstić information content (AvgIpc) is 3.37. The lowest BCUT2D eigenvalue weighted by Gasteiger charge is -2.22. The molecular formula is C19H23N5O2S. The second-order valence-electron chi connectivity index (χ2n) is 7.36. The summed E-state index contributed by atoms with van der Waals surface area (Å²) < 4.78 is 0. The third-order valence-electron chi connectivity index (χ3n) is 5.36. The minimum absolute atomic E-state index is 0.0589. The maximum atomic E-state index is 12.2. The summed E-state index contributed by atoms with van der Waals surface area (Å²) in [5.74, 6) is 2.42. The van der Waals surface area contributed by atoms with E-state index >= 15 is 0 Å². The van der Waals surface area contributed by atoms with Gasteiger partial charge in [-0.05, 0) is 55.4 Å². The van der Waals surface area contributed by atoms with E-state index in [4.69, 9.17) is 0 Å². The first-order valence-electron chi connectivity index (χ1n) is 9.29. The lowest BCUT2D eigenvalue weighted by Crippen LogP contribution is -2.39. The summed E-state index contributed by atoms with van der Waals surface area (Å²) in [6.07, 6.45) is 5.01. The third kappa shape index (κ3) is 4.32. The van der Waals surface area contributed by atoms with Crippen LogP contribution in [0.15, 0.2) is 29.4 Å². The monoisotopic (exact) mass is 385 g/mol. The molecule has 0 unspecified atom stereocenters. The number of aromatic amines is 1. The number of fused-ring (bicyclic) bond motifs is 2. The molecule has 142 valence electrons. The van der Waals surface area contributed by atoms with Crippen LogP contribution in [-0.4, -0.2) is 38.8 Å². The van der Waals surface area contributed by atoms with Crippen LogP contribution in [0.3, 0.4) is 0 Å². The molecule has 0 aliphatic heterocycles. The van der Waals surface area contributed by atoms with E-state index in [-0.39, 0.29) is 11.8 Å². The number of H-pyrrole nitrogens is 1. The highest BCUT2D eigenvalue weighted by Crippen LogP contribution is 2.44. The van der Waals surface area contributed by atoms with E-state index in [1.54, 1.807) is 0 Å². The van der Waals surface area contributed by atoms with Gasteiger partial charge in [0.05, 0.1) is 5.75 Å². The fraction of sp³-hybridized carbons (Fsp3) is 0.474. The summed E-state index contributed by atoms with van der Waals surface area (Å²) in [6, 6.07) is 7.72. The molecule has 1 heterocycles. The smallest absolute Gasteiger partial charge is 0.230 e. The Morgan fingerprint density at radius 3 is 2.70 bits per heavy atom. The summed E-state index contributed by atoms with van der Waals surface area (Å²) in [6.45, 7) is 1.47. The molecule has 2 fully saturated rings. The molecule has 8 heteroatoms. The van der Waals surface area contributed by atoms with Crippen molar-refractivity contribution in [3.63, 3.8) is 0 Å².